The summed E-state index contributed by atoms with van der Waals surface area (Å²) >= 11 is 0. The van der Waals surface area contributed by atoms with Gasteiger partial charge in [0.15, 0.2) is 0 Å². The van der Waals surface area contributed by atoms with Crippen LogP contribution in [-0.4, -0.2) is 31.1 Å². The van der Waals surface area contributed by atoms with E-state index in [1.54, 1.807) is 4.31 Å². The summed E-state index contributed by atoms with van der Waals surface area (Å²) in [6.45, 7) is 4.50. The van der Waals surface area contributed by atoms with Crippen LogP contribution in [0.15, 0.2) is 0 Å². The Hall–Kier alpha value is -0.0900. The molecule has 0 aromatic heterocycles. The standard InChI is InChI=1S/C11H21NO2S/c1-8(2)9-6-10-4-5-11(7-9)12(10)15(3,13)14/h8-11H,4-7H2,1-3H3/t9?,10-,11+. The van der Waals surface area contributed by atoms with E-state index in [9.17, 15) is 8.42 Å². The Balaban J connectivity index is 2.17. The highest BCUT2D eigenvalue weighted by Gasteiger charge is 2.45. The van der Waals surface area contributed by atoms with Gasteiger partial charge in [-0.25, -0.2) is 8.42 Å². The Morgan fingerprint density at radius 1 is 1.13 bits per heavy atom. The Kier molecular flexibility index (Phi) is 2.84. The van der Waals surface area contributed by atoms with E-state index in [0.717, 1.165) is 31.6 Å². The van der Waals surface area contributed by atoms with E-state index in [1.807, 2.05) is 0 Å². The SMILES string of the molecule is CC(C)C1C[C@H]2CC[C@@H](C1)N2S(C)(=O)=O. The van der Waals surface area contributed by atoms with E-state index >= 15 is 0 Å². The van der Waals surface area contributed by atoms with Crippen molar-refractivity contribution in [2.24, 2.45) is 11.8 Å². The lowest BCUT2D eigenvalue weighted by Crippen LogP contribution is -2.46. The third-order valence-electron chi connectivity index (χ3n) is 4.03. The minimum Gasteiger partial charge on any atom is -0.212 e. The predicted octanol–water partition coefficient (Wildman–Crippen LogP) is 1.85. The van der Waals surface area contributed by atoms with Crippen LogP contribution >= 0.6 is 0 Å². The lowest BCUT2D eigenvalue weighted by molar-refractivity contribution is 0.159. The van der Waals surface area contributed by atoms with Crippen molar-refractivity contribution in [2.45, 2.75) is 51.6 Å². The van der Waals surface area contributed by atoms with Gasteiger partial charge in [-0.15, -0.1) is 0 Å². The summed E-state index contributed by atoms with van der Waals surface area (Å²) in [6, 6.07) is 0.595. The van der Waals surface area contributed by atoms with Crippen LogP contribution in [0.25, 0.3) is 0 Å². The second-order valence-corrected chi connectivity index (χ2v) is 7.34. The second-order valence-electron chi connectivity index (χ2n) is 5.45. The largest absolute Gasteiger partial charge is 0.212 e. The maximum atomic E-state index is 11.6. The molecular weight excluding hydrogens is 210 g/mol. The third-order valence-corrected chi connectivity index (χ3v) is 5.39. The first kappa shape index (κ1) is 11.4. The first-order valence-electron chi connectivity index (χ1n) is 5.88. The molecule has 3 nitrogen and oxygen atoms in total. The maximum absolute atomic E-state index is 11.6. The van der Waals surface area contributed by atoms with Crippen LogP contribution in [0, 0.1) is 11.8 Å². The summed E-state index contributed by atoms with van der Waals surface area (Å²) in [7, 11) is -2.98. The van der Waals surface area contributed by atoms with Gasteiger partial charge in [0, 0.05) is 12.1 Å². The first-order valence-corrected chi connectivity index (χ1v) is 7.73. The summed E-state index contributed by atoms with van der Waals surface area (Å²) in [5, 5.41) is 0. The van der Waals surface area contributed by atoms with Crippen LogP contribution < -0.4 is 0 Å². The van der Waals surface area contributed by atoms with Gasteiger partial charge in [0.1, 0.15) is 0 Å². The van der Waals surface area contributed by atoms with E-state index in [2.05, 4.69) is 13.8 Å². The van der Waals surface area contributed by atoms with Crippen LogP contribution in [0.4, 0.5) is 0 Å². The third kappa shape index (κ3) is 2.07. The zero-order valence-electron chi connectivity index (χ0n) is 9.81. The molecule has 2 aliphatic heterocycles. The summed E-state index contributed by atoms with van der Waals surface area (Å²) in [5.41, 5.74) is 0. The number of hydrogen-bond acceptors (Lipinski definition) is 2. The molecule has 2 bridgehead atoms. The van der Waals surface area contributed by atoms with Crippen molar-refractivity contribution < 1.29 is 8.42 Å². The fraction of sp³-hybridized carbons (Fsp3) is 1.00. The highest BCUT2D eigenvalue weighted by Crippen LogP contribution is 2.42. The molecular formula is C11H21NO2S. The minimum absolute atomic E-state index is 0.297. The monoisotopic (exact) mass is 231 g/mol. The summed E-state index contributed by atoms with van der Waals surface area (Å²) in [4.78, 5) is 0. The summed E-state index contributed by atoms with van der Waals surface area (Å²) in [6.07, 6.45) is 5.64. The molecule has 2 fully saturated rings. The number of fused-ring (bicyclic) bond motifs is 2. The van der Waals surface area contributed by atoms with Gasteiger partial charge in [-0.05, 0) is 37.5 Å². The Morgan fingerprint density at radius 2 is 1.60 bits per heavy atom. The number of piperidine rings is 1. The molecule has 3 atom stereocenters. The Bertz CT molecular complexity index is 322. The average Bonchev–Trinajstić information content (AvgIpc) is 2.37. The van der Waals surface area contributed by atoms with Gasteiger partial charge in [-0.1, -0.05) is 13.8 Å². The summed E-state index contributed by atoms with van der Waals surface area (Å²) < 4.78 is 25.1. The molecule has 0 radical (unpaired) electrons. The molecule has 1 unspecified atom stereocenters. The molecule has 0 N–H and O–H groups in total. The minimum atomic E-state index is -2.98. The van der Waals surface area contributed by atoms with Gasteiger partial charge < -0.3 is 0 Å². The molecule has 0 amide bonds. The molecule has 15 heavy (non-hydrogen) atoms. The van der Waals surface area contributed by atoms with Crippen LogP contribution in [0.3, 0.4) is 0 Å². The second kappa shape index (κ2) is 3.74. The van der Waals surface area contributed by atoms with E-state index in [4.69, 9.17) is 0 Å². The smallest absolute Gasteiger partial charge is 0.211 e. The molecule has 2 rings (SSSR count). The maximum Gasteiger partial charge on any atom is 0.211 e. The van der Waals surface area contributed by atoms with Crippen molar-refractivity contribution in [1.82, 2.24) is 4.31 Å². The Labute approximate surface area is 92.9 Å². The molecule has 2 aliphatic rings. The molecule has 0 aliphatic carbocycles. The number of sulfonamides is 1. The number of hydrogen-bond donors (Lipinski definition) is 0. The van der Waals surface area contributed by atoms with E-state index < -0.39 is 10.0 Å². The molecule has 0 aromatic carbocycles. The quantitative estimate of drug-likeness (QED) is 0.727. The van der Waals surface area contributed by atoms with Crippen LogP contribution in [0.5, 0.6) is 0 Å². The number of rotatable bonds is 2. The van der Waals surface area contributed by atoms with Crippen molar-refractivity contribution in [3.63, 3.8) is 0 Å². The zero-order chi connectivity index (χ0) is 11.2. The predicted molar refractivity (Wildman–Crippen MR) is 61.1 cm³/mol. The summed E-state index contributed by atoms with van der Waals surface area (Å²) in [5.74, 6) is 1.41. The van der Waals surface area contributed by atoms with Gasteiger partial charge >= 0.3 is 0 Å². The van der Waals surface area contributed by atoms with E-state index in [1.165, 1.54) is 6.26 Å². The van der Waals surface area contributed by atoms with E-state index in [0.29, 0.717) is 18.0 Å². The lowest BCUT2D eigenvalue weighted by Gasteiger charge is -2.38. The average molecular weight is 231 g/mol. The van der Waals surface area contributed by atoms with Gasteiger partial charge in [0.25, 0.3) is 0 Å². The highest BCUT2D eigenvalue weighted by atomic mass is 32.2. The van der Waals surface area contributed by atoms with Crippen molar-refractivity contribution in [3.05, 3.63) is 0 Å². The molecule has 0 spiro atoms. The van der Waals surface area contributed by atoms with Gasteiger partial charge in [0.05, 0.1) is 6.26 Å². The topological polar surface area (TPSA) is 37.4 Å². The fourth-order valence-electron chi connectivity index (χ4n) is 3.26. The van der Waals surface area contributed by atoms with Crippen molar-refractivity contribution >= 4 is 10.0 Å². The first-order chi connectivity index (χ1) is 6.89. The fourth-order valence-corrected chi connectivity index (χ4v) is 4.73. The zero-order valence-corrected chi connectivity index (χ0v) is 10.6. The van der Waals surface area contributed by atoms with Crippen LogP contribution in [0.2, 0.25) is 0 Å². The molecule has 88 valence electrons. The van der Waals surface area contributed by atoms with Gasteiger partial charge in [-0.3, -0.25) is 0 Å². The van der Waals surface area contributed by atoms with Crippen LogP contribution in [-0.2, 0) is 10.0 Å². The molecule has 2 heterocycles. The molecule has 4 heteroatoms. The van der Waals surface area contributed by atoms with Gasteiger partial charge in [0.2, 0.25) is 10.0 Å². The molecule has 0 aromatic rings. The normalized spacial score (nSPS) is 37.5. The lowest BCUT2D eigenvalue weighted by atomic mass is 9.84. The molecule has 0 saturated carbocycles. The van der Waals surface area contributed by atoms with Crippen molar-refractivity contribution in [1.29, 1.82) is 0 Å². The van der Waals surface area contributed by atoms with Crippen molar-refractivity contribution in [2.75, 3.05) is 6.26 Å². The van der Waals surface area contributed by atoms with E-state index in [-0.39, 0.29) is 0 Å². The van der Waals surface area contributed by atoms with Crippen molar-refractivity contribution in [3.8, 4) is 0 Å². The Morgan fingerprint density at radius 3 is 1.93 bits per heavy atom. The molecule has 2 saturated heterocycles. The highest BCUT2D eigenvalue weighted by molar-refractivity contribution is 7.88. The van der Waals surface area contributed by atoms with Crippen LogP contribution in [0.1, 0.15) is 39.5 Å². The number of nitrogens with zero attached hydrogens (tertiary/aromatic N) is 1. The van der Waals surface area contributed by atoms with Gasteiger partial charge in [-0.2, -0.15) is 4.31 Å².